The topological polar surface area (TPSA) is 15.6 Å². The van der Waals surface area contributed by atoms with E-state index in [1.807, 2.05) is 11.8 Å². The molecule has 1 heterocycles. The second-order valence-corrected chi connectivity index (χ2v) is 6.83. The minimum Gasteiger partial charge on any atom is -0.350 e. The van der Waals surface area contributed by atoms with Crippen LogP contribution >= 0.6 is 43.6 Å². The highest BCUT2D eigenvalue weighted by atomic mass is 79.9. The molecule has 0 amide bonds. The second kappa shape index (κ2) is 6.25. The summed E-state index contributed by atoms with van der Waals surface area (Å²) in [7, 11) is 2.10. The van der Waals surface area contributed by atoms with E-state index in [2.05, 4.69) is 73.1 Å². The predicted octanol–water partition coefficient (Wildman–Crippen LogP) is 3.75. The molecule has 0 bridgehead atoms. The number of halogens is 2. The molecule has 1 aliphatic heterocycles. The Morgan fingerprint density at radius 2 is 2.12 bits per heavy atom. The van der Waals surface area contributed by atoms with Crippen molar-refractivity contribution in [3.8, 4) is 0 Å². The summed E-state index contributed by atoms with van der Waals surface area (Å²) in [6.45, 7) is 1.84. The van der Waals surface area contributed by atoms with Gasteiger partial charge in [-0.3, -0.25) is 4.99 Å². The molecule has 0 N–H and O–H groups in total. The number of alkyl halides is 1. The summed E-state index contributed by atoms with van der Waals surface area (Å²) in [5.41, 5.74) is 1.31. The lowest BCUT2D eigenvalue weighted by atomic mass is 10.2. The third-order valence-corrected chi connectivity index (χ3v) is 5.57. The number of aliphatic imine (C=N–C) groups is 1. The van der Waals surface area contributed by atoms with Crippen molar-refractivity contribution in [2.45, 2.75) is 11.8 Å². The highest BCUT2D eigenvalue weighted by molar-refractivity contribution is 9.10. The molecular formula is C12H14Br2N2S. The zero-order valence-corrected chi connectivity index (χ0v) is 13.6. The number of thioether (sulfide) groups is 1. The predicted molar refractivity (Wildman–Crippen MR) is 83.1 cm³/mol. The molecule has 0 aliphatic carbocycles. The van der Waals surface area contributed by atoms with Gasteiger partial charge in [0.15, 0.2) is 5.17 Å². The maximum absolute atomic E-state index is 4.57. The maximum Gasteiger partial charge on any atom is 0.159 e. The summed E-state index contributed by atoms with van der Waals surface area (Å²) < 4.78 is 1.12. The summed E-state index contributed by atoms with van der Waals surface area (Å²) >= 11 is 8.82. The van der Waals surface area contributed by atoms with Crippen LogP contribution in [0.5, 0.6) is 0 Å². The van der Waals surface area contributed by atoms with Crippen LogP contribution in [-0.4, -0.2) is 34.2 Å². The monoisotopic (exact) mass is 376 g/mol. The van der Waals surface area contributed by atoms with Gasteiger partial charge >= 0.3 is 0 Å². The van der Waals surface area contributed by atoms with E-state index < -0.39 is 0 Å². The van der Waals surface area contributed by atoms with Crippen LogP contribution < -0.4 is 0 Å². The first-order chi connectivity index (χ1) is 8.19. The Balaban J connectivity index is 1.93. The molecule has 1 aliphatic rings. The first-order valence-corrected chi connectivity index (χ1v) is 8.21. The molecule has 2 rings (SSSR count). The molecule has 5 heteroatoms. The maximum atomic E-state index is 4.57. The van der Waals surface area contributed by atoms with Gasteiger partial charge in [-0.2, -0.15) is 0 Å². The van der Waals surface area contributed by atoms with Crippen molar-refractivity contribution in [2.24, 2.45) is 4.99 Å². The molecule has 1 aromatic carbocycles. The van der Waals surface area contributed by atoms with E-state index in [1.54, 1.807) is 0 Å². The van der Waals surface area contributed by atoms with Gasteiger partial charge in [0.25, 0.3) is 0 Å². The molecule has 1 aromatic rings. The number of hydrogen-bond acceptors (Lipinski definition) is 3. The lowest BCUT2D eigenvalue weighted by Crippen LogP contribution is -2.22. The second-order valence-electron chi connectivity index (χ2n) is 4.00. The van der Waals surface area contributed by atoms with Gasteiger partial charge in [0.05, 0.1) is 6.54 Å². The van der Waals surface area contributed by atoms with Gasteiger partial charge in [-0.15, -0.1) is 0 Å². The summed E-state index contributed by atoms with van der Waals surface area (Å²) in [5.74, 6) is 0. The lowest BCUT2D eigenvalue weighted by molar-refractivity contribution is 0.510. The Morgan fingerprint density at radius 3 is 2.71 bits per heavy atom. The molecular weight excluding hydrogens is 364 g/mol. The highest BCUT2D eigenvalue weighted by Gasteiger charge is 2.21. The van der Waals surface area contributed by atoms with Crippen molar-refractivity contribution in [2.75, 3.05) is 18.9 Å². The molecule has 0 saturated heterocycles. The van der Waals surface area contributed by atoms with Crippen LogP contribution in [0.1, 0.15) is 5.56 Å². The molecule has 0 fully saturated rings. The summed E-state index contributed by atoms with van der Waals surface area (Å²) in [4.78, 5) is 6.79. The molecule has 0 aromatic heterocycles. The zero-order chi connectivity index (χ0) is 12.3. The quantitative estimate of drug-likeness (QED) is 0.745. The SMILES string of the molecule is CN(Cc1ccc(Br)cc1)C1=NCC(CBr)S1. The van der Waals surface area contributed by atoms with E-state index in [-0.39, 0.29) is 0 Å². The van der Waals surface area contributed by atoms with Gasteiger partial charge in [0.2, 0.25) is 0 Å². The van der Waals surface area contributed by atoms with Gasteiger partial charge in [0.1, 0.15) is 0 Å². The zero-order valence-electron chi connectivity index (χ0n) is 9.57. The standard InChI is InChI=1S/C12H14Br2N2S/c1-16(12-15-7-11(6-13)17-12)8-9-2-4-10(14)5-3-9/h2-5,11H,6-8H2,1H3. The molecule has 0 radical (unpaired) electrons. The number of nitrogens with zero attached hydrogens (tertiary/aromatic N) is 2. The summed E-state index contributed by atoms with van der Waals surface area (Å²) in [6, 6.07) is 8.44. The van der Waals surface area contributed by atoms with Crippen molar-refractivity contribution in [1.29, 1.82) is 0 Å². The number of benzene rings is 1. The molecule has 1 unspecified atom stereocenters. The number of rotatable bonds is 3. The van der Waals surface area contributed by atoms with Crippen molar-refractivity contribution >= 4 is 48.8 Å². The summed E-state index contributed by atoms with van der Waals surface area (Å²) in [5, 5.41) is 2.76. The van der Waals surface area contributed by atoms with Crippen LogP contribution in [0.3, 0.4) is 0 Å². The average Bonchev–Trinajstić information content (AvgIpc) is 2.81. The van der Waals surface area contributed by atoms with E-state index in [9.17, 15) is 0 Å². The molecule has 17 heavy (non-hydrogen) atoms. The third-order valence-electron chi connectivity index (χ3n) is 2.53. The van der Waals surface area contributed by atoms with Gasteiger partial charge in [-0.25, -0.2) is 0 Å². The van der Waals surface area contributed by atoms with Crippen molar-refractivity contribution in [1.82, 2.24) is 4.90 Å². The van der Waals surface area contributed by atoms with E-state index in [1.165, 1.54) is 5.56 Å². The normalized spacial score (nSPS) is 19.2. The number of amidine groups is 1. The fraction of sp³-hybridized carbons (Fsp3) is 0.417. The molecule has 92 valence electrons. The first-order valence-electron chi connectivity index (χ1n) is 5.41. The molecule has 1 atom stereocenters. The minimum atomic E-state index is 0.595. The van der Waals surface area contributed by atoms with Crippen molar-refractivity contribution < 1.29 is 0 Å². The van der Waals surface area contributed by atoms with Gasteiger partial charge in [0, 0.05) is 28.6 Å². The smallest absolute Gasteiger partial charge is 0.159 e. The van der Waals surface area contributed by atoms with Gasteiger partial charge in [-0.1, -0.05) is 55.8 Å². The Morgan fingerprint density at radius 1 is 1.41 bits per heavy atom. The molecule has 2 nitrogen and oxygen atoms in total. The first kappa shape index (κ1) is 13.4. The average molecular weight is 378 g/mol. The molecule has 0 saturated carbocycles. The third kappa shape index (κ3) is 3.73. The van der Waals surface area contributed by atoms with E-state index in [4.69, 9.17) is 0 Å². The Labute approximate surface area is 123 Å². The van der Waals surface area contributed by atoms with Gasteiger partial charge < -0.3 is 4.90 Å². The Bertz CT molecular complexity index is 405. The summed E-state index contributed by atoms with van der Waals surface area (Å²) in [6.07, 6.45) is 0. The fourth-order valence-electron chi connectivity index (χ4n) is 1.63. The van der Waals surface area contributed by atoms with E-state index >= 15 is 0 Å². The van der Waals surface area contributed by atoms with Crippen LogP contribution in [0.25, 0.3) is 0 Å². The van der Waals surface area contributed by atoms with Crippen molar-refractivity contribution in [3.05, 3.63) is 34.3 Å². The fourth-order valence-corrected chi connectivity index (χ4v) is 3.40. The van der Waals surface area contributed by atoms with Crippen LogP contribution in [0.2, 0.25) is 0 Å². The molecule has 0 spiro atoms. The minimum absolute atomic E-state index is 0.595. The van der Waals surface area contributed by atoms with Gasteiger partial charge in [-0.05, 0) is 17.7 Å². The number of hydrogen-bond donors (Lipinski definition) is 0. The van der Waals surface area contributed by atoms with Crippen LogP contribution in [0, 0.1) is 0 Å². The van der Waals surface area contributed by atoms with E-state index in [0.29, 0.717) is 5.25 Å². The van der Waals surface area contributed by atoms with Crippen LogP contribution in [0.15, 0.2) is 33.7 Å². The van der Waals surface area contributed by atoms with E-state index in [0.717, 1.165) is 28.1 Å². The van der Waals surface area contributed by atoms with Crippen molar-refractivity contribution in [3.63, 3.8) is 0 Å². The highest BCUT2D eigenvalue weighted by Crippen LogP contribution is 2.25. The largest absolute Gasteiger partial charge is 0.350 e. The van der Waals surface area contributed by atoms with Crippen LogP contribution in [0.4, 0.5) is 0 Å². The Hall–Kier alpha value is -0.000000000000000111. The lowest BCUT2D eigenvalue weighted by Gasteiger charge is -2.18. The Kier molecular flexibility index (Phi) is 4.94. The van der Waals surface area contributed by atoms with Crippen LogP contribution in [-0.2, 0) is 6.54 Å².